The molecule has 3 heterocycles. The number of amides is 2. The summed E-state index contributed by atoms with van der Waals surface area (Å²) in [5.41, 5.74) is 6.30. The average Bonchev–Trinajstić information content (AvgIpc) is 3.20. The van der Waals surface area contributed by atoms with Gasteiger partial charge in [-0.3, -0.25) is 14.2 Å². The van der Waals surface area contributed by atoms with Crippen LogP contribution < -0.4 is 16.0 Å². The number of carbonyl (C=O) groups excluding carboxylic acids is 2. The number of hydrogen-bond donors (Lipinski definition) is 2. The second-order valence-electron chi connectivity index (χ2n) is 7.31. The number of nitrogens with two attached hydrogens (primary N) is 1. The molecule has 1 saturated heterocycles. The number of anilines is 2. The van der Waals surface area contributed by atoms with E-state index in [2.05, 4.69) is 25.4 Å². The number of nitrogens with one attached hydrogen (secondary N) is 1. The number of nitrogens with zero attached hydrogens (tertiary/aromatic N) is 5. The fourth-order valence-corrected chi connectivity index (χ4v) is 3.60. The molecule has 1 unspecified atom stereocenters. The third-order valence-electron chi connectivity index (χ3n) is 5.26. The highest BCUT2D eigenvalue weighted by molar-refractivity contribution is 5.95. The maximum atomic E-state index is 12.7. The van der Waals surface area contributed by atoms with E-state index < -0.39 is 5.91 Å². The van der Waals surface area contributed by atoms with E-state index in [-0.39, 0.29) is 11.8 Å². The molecule has 0 aliphatic carbocycles. The Morgan fingerprint density at radius 3 is 2.47 bits per heavy atom. The number of benzene rings is 1. The number of piperidine rings is 1. The highest BCUT2D eigenvalue weighted by Crippen LogP contribution is 2.23. The van der Waals surface area contributed by atoms with Crippen molar-refractivity contribution in [2.24, 2.45) is 11.7 Å². The van der Waals surface area contributed by atoms with Crippen LogP contribution in [0.5, 0.6) is 0 Å². The summed E-state index contributed by atoms with van der Waals surface area (Å²) in [6.45, 7) is 3.31. The van der Waals surface area contributed by atoms with E-state index in [0.29, 0.717) is 23.6 Å². The summed E-state index contributed by atoms with van der Waals surface area (Å²) in [6.07, 6.45) is 5.26. The molecule has 3 aromatic rings. The molecule has 1 atom stereocenters. The summed E-state index contributed by atoms with van der Waals surface area (Å²) in [4.78, 5) is 30.2. The Kier molecular flexibility index (Phi) is 5.42. The van der Waals surface area contributed by atoms with Gasteiger partial charge in [0.25, 0.3) is 0 Å². The minimum absolute atomic E-state index is 0.0508. The smallest absolute Gasteiger partial charge is 0.248 e. The predicted octanol–water partition coefficient (Wildman–Crippen LogP) is 1.92. The molecule has 0 saturated carbocycles. The highest BCUT2D eigenvalue weighted by Gasteiger charge is 2.27. The van der Waals surface area contributed by atoms with Gasteiger partial charge >= 0.3 is 0 Å². The van der Waals surface area contributed by atoms with Gasteiger partial charge in [0.1, 0.15) is 5.82 Å². The van der Waals surface area contributed by atoms with Crippen LogP contribution in [0.25, 0.3) is 5.82 Å². The average molecular weight is 405 g/mol. The van der Waals surface area contributed by atoms with Gasteiger partial charge in [0, 0.05) is 36.7 Å². The van der Waals surface area contributed by atoms with E-state index in [0.717, 1.165) is 31.0 Å². The van der Waals surface area contributed by atoms with Gasteiger partial charge in [-0.15, -0.1) is 10.2 Å². The first-order valence-electron chi connectivity index (χ1n) is 9.81. The van der Waals surface area contributed by atoms with Gasteiger partial charge in [-0.2, -0.15) is 0 Å². The molecule has 0 spiro atoms. The summed E-state index contributed by atoms with van der Waals surface area (Å²) in [6, 6.07) is 10.4. The first-order chi connectivity index (χ1) is 14.5. The Bertz CT molecular complexity index is 1040. The molecule has 154 valence electrons. The van der Waals surface area contributed by atoms with Gasteiger partial charge in [-0.1, -0.05) is 0 Å². The van der Waals surface area contributed by atoms with Crippen molar-refractivity contribution >= 4 is 23.3 Å². The van der Waals surface area contributed by atoms with Crippen molar-refractivity contribution in [2.45, 2.75) is 19.8 Å². The van der Waals surface area contributed by atoms with Crippen LogP contribution in [0, 0.1) is 12.8 Å². The van der Waals surface area contributed by atoms with Crippen LogP contribution >= 0.6 is 0 Å². The van der Waals surface area contributed by atoms with E-state index in [4.69, 9.17) is 5.73 Å². The second-order valence-corrected chi connectivity index (χ2v) is 7.31. The molecule has 1 fully saturated rings. The van der Waals surface area contributed by atoms with E-state index in [1.165, 1.54) is 0 Å². The molecule has 2 aromatic heterocycles. The van der Waals surface area contributed by atoms with Crippen molar-refractivity contribution in [1.82, 2.24) is 19.7 Å². The second kappa shape index (κ2) is 8.32. The summed E-state index contributed by atoms with van der Waals surface area (Å²) in [7, 11) is 0. The number of aryl methyl sites for hydroxylation is 1. The van der Waals surface area contributed by atoms with Gasteiger partial charge in [-0.05, 0) is 56.2 Å². The van der Waals surface area contributed by atoms with Crippen molar-refractivity contribution < 1.29 is 9.59 Å². The van der Waals surface area contributed by atoms with Crippen LogP contribution in [-0.4, -0.2) is 44.7 Å². The summed E-state index contributed by atoms with van der Waals surface area (Å²) in [5, 5.41) is 11.6. The standard InChI is InChI=1S/C21H23N7O2/c1-14-23-10-12-28(14)19-9-8-18(25-26-19)27-11-2-3-16(13-27)21(30)24-17-6-4-15(5-7-17)20(22)29/h4-10,12,16H,2-3,11,13H2,1H3,(H2,22,29)(H,24,30). The van der Waals surface area contributed by atoms with Crippen LogP contribution in [0.15, 0.2) is 48.8 Å². The van der Waals surface area contributed by atoms with Crippen molar-refractivity contribution in [1.29, 1.82) is 0 Å². The number of aromatic nitrogens is 4. The van der Waals surface area contributed by atoms with Gasteiger partial charge in [0.2, 0.25) is 11.8 Å². The molecule has 9 heteroatoms. The summed E-state index contributed by atoms with van der Waals surface area (Å²) >= 11 is 0. The Labute approximate surface area is 173 Å². The molecule has 1 aliphatic rings. The van der Waals surface area contributed by atoms with Gasteiger partial charge in [0.15, 0.2) is 11.6 Å². The van der Waals surface area contributed by atoms with Crippen LogP contribution in [0.4, 0.5) is 11.5 Å². The van der Waals surface area contributed by atoms with E-state index >= 15 is 0 Å². The lowest BCUT2D eigenvalue weighted by Crippen LogP contribution is -2.41. The maximum absolute atomic E-state index is 12.7. The first kappa shape index (κ1) is 19.6. The quantitative estimate of drug-likeness (QED) is 0.669. The van der Waals surface area contributed by atoms with Gasteiger partial charge < -0.3 is 16.0 Å². The molecule has 3 N–H and O–H groups in total. The molecule has 9 nitrogen and oxygen atoms in total. The predicted molar refractivity (Wildman–Crippen MR) is 112 cm³/mol. The fraction of sp³-hybridized carbons (Fsp3) is 0.286. The van der Waals surface area contributed by atoms with Crippen molar-refractivity contribution in [2.75, 3.05) is 23.3 Å². The number of primary amides is 1. The number of rotatable bonds is 5. The Hall–Kier alpha value is -3.75. The summed E-state index contributed by atoms with van der Waals surface area (Å²) < 4.78 is 1.87. The largest absolute Gasteiger partial charge is 0.366 e. The number of carbonyl (C=O) groups is 2. The Morgan fingerprint density at radius 2 is 1.83 bits per heavy atom. The van der Waals surface area contributed by atoms with Crippen molar-refractivity contribution in [3.8, 4) is 5.82 Å². The molecule has 1 aliphatic heterocycles. The fourth-order valence-electron chi connectivity index (χ4n) is 3.60. The zero-order chi connectivity index (χ0) is 21.1. The molecule has 0 bridgehead atoms. The molecule has 0 radical (unpaired) electrons. The minimum Gasteiger partial charge on any atom is -0.366 e. The van der Waals surface area contributed by atoms with Crippen LogP contribution in [-0.2, 0) is 4.79 Å². The Balaban J connectivity index is 1.40. The topological polar surface area (TPSA) is 119 Å². The maximum Gasteiger partial charge on any atom is 0.248 e. The zero-order valence-electron chi connectivity index (χ0n) is 16.7. The lowest BCUT2D eigenvalue weighted by molar-refractivity contribution is -0.120. The normalized spacial score (nSPS) is 16.3. The minimum atomic E-state index is -0.494. The van der Waals surface area contributed by atoms with E-state index in [1.807, 2.05) is 29.8 Å². The van der Waals surface area contributed by atoms with Crippen LogP contribution in [0.2, 0.25) is 0 Å². The first-order valence-corrected chi connectivity index (χ1v) is 9.81. The number of imidazole rings is 1. The lowest BCUT2D eigenvalue weighted by Gasteiger charge is -2.32. The SMILES string of the molecule is Cc1nccn1-c1ccc(N2CCCC(C(=O)Nc3ccc(C(N)=O)cc3)C2)nn1. The lowest BCUT2D eigenvalue weighted by atomic mass is 9.97. The molecule has 30 heavy (non-hydrogen) atoms. The third-order valence-corrected chi connectivity index (χ3v) is 5.26. The summed E-state index contributed by atoms with van der Waals surface area (Å²) in [5.74, 6) is 1.60. The van der Waals surface area contributed by atoms with E-state index in [1.54, 1.807) is 30.5 Å². The van der Waals surface area contributed by atoms with Crippen LogP contribution in [0.3, 0.4) is 0 Å². The van der Waals surface area contributed by atoms with Crippen molar-refractivity contribution in [3.05, 3.63) is 60.2 Å². The number of hydrogen-bond acceptors (Lipinski definition) is 6. The molecular formula is C21H23N7O2. The molecule has 4 rings (SSSR count). The zero-order valence-corrected chi connectivity index (χ0v) is 16.7. The van der Waals surface area contributed by atoms with E-state index in [9.17, 15) is 9.59 Å². The highest BCUT2D eigenvalue weighted by atomic mass is 16.2. The van der Waals surface area contributed by atoms with Crippen molar-refractivity contribution in [3.63, 3.8) is 0 Å². The monoisotopic (exact) mass is 405 g/mol. The third kappa shape index (κ3) is 4.14. The molecule has 1 aromatic carbocycles. The van der Waals surface area contributed by atoms with Crippen LogP contribution in [0.1, 0.15) is 29.0 Å². The van der Waals surface area contributed by atoms with Gasteiger partial charge in [-0.25, -0.2) is 4.98 Å². The molecular weight excluding hydrogens is 382 g/mol. The molecule has 2 amide bonds. The Morgan fingerprint density at radius 1 is 1.10 bits per heavy atom. The van der Waals surface area contributed by atoms with Gasteiger partial charge in [0.05, 0.1) is 5.92 Å².